The third kappa shape index (κ3) is 3.67. The summed E-state index contributed by atoms with van der Waals surface area (Å²) in [5.41, 5.74) is 2.87. The molecule has 0 aliphatic heterocycles. The van der Waals surface area contributed by atoms with Crippen molar-refractivity contribution in [1.29, 1.82) is 0 Å². The fourth-order valence-corrected chi connectivity index (χ4v) is 2.17. The van der Waals surface area contributed by atoms with Gasteiger partial charge in [0.1, 0.15) is 0 Å². The number of benzene rings is 2. The quantitative estimate of drug-likeness (QED) is 0.901. The number of amides is 1. The van der Waals surface area contributed by atoms with Crippen molar-refractivity contribution in [2.75, 3.05) is 0 Å². The third-order valence-corrected chi connectivity index (χ3v) is 3.53. The molecular formula is C16H16BrNO. The molecule has 2 aromatic rings. The largest absolute Gasteiger partial charge is 0.346 e. The van der Waals surface area contributed by atoms with Crippen LogP contribution in [0.4, 0.5) is 0 Å². The molecule has 2 aromatic carbocycles. The molecule has 1 N–H and O–H groups in total. The van der Waals surface area contributed by atoms with Crippen LogP contribution in [0.2, 0.25) is 0 Å². The summed E-state index contributed by atoms with van der Waals surface area (Å²) in [5.74, 6) is -0.0425. The lowest BCUT2D eigenvalue weighted by atomic mass is 10.1. The molecular weight excluding hydrogens is 302 g/mol. The van der Waals surface area contributed by atoms with Crippen molar-refractivity contribution < 1.29 is 4.79 Å². The van der Waals surface area contributed by atoms with Gasteiger partial charge in [-0.2, -0.15) is 0 Å². The number of hydrogen-bond donors (Lipinski definition) is 1. The van der Waals surface area contributed by atoms with Crippen molar-refractivity contribution in [2.24, 2.45) is 0 Å². The van der Waals surface area contributed by atoms with E-state index in [1.807, 2.05) is 62.4 Å². The molecule has 0 radical (unpaired) electrons. The van der Waals surface area contributed by atoms with E-state index >= 15 is 0 Å². The first-order chi connectivity index (χ1) is 9.06. The first kappa shape index (κ1) is 13.8. The fourth-order valence-electron chi connectivity index (χ4n) is 1.90. The van der Waals surface area contributed by atoms with Gasteiger partial charge in [-0.1, -0.05) is 45.8 Å². The highest BCUT2D eigenvalue weighted by atomic mass is 79.9. The van der Waals surface area contributed by atoms with Gasteiger partial charge in [-0.25, -0.2) is 0 Å². The number of aryl methyl sites for hydroxylation is 1. The number of hydrogen-bond acceptors (Lipinski definition) is 1. The molecule has 0 bridgehead atoms. The molecule has 2 rings (SSSR count). The summed E-state index contributed by atoms with van der Waals surface area (Å²) in [6.45, 7) is 3.96. The topological polar surface area (TPSA) is 29.1 Å². The highest BCUT2D eigenvalue weighted by Crippen LogP contribution is 2.17. The van der Waals surface area contributed by atoms with Crippen molar-refractivity contribution in [1.82, 2.24) is 5.32 Å². The second-order valence-corrected chi connectivity index (χ2v) is 5.53. The Kier molecular flexibility index (Phi) is 4.38. The molecule has 0 fully saturated rings. The third-order valence-electron chi connectivity index (χ3n) is 3.00. The van der Waals surface area contributed by atoms with Crippen molar-refractivity contribution in [3.63, 3.8) is 0 Å². The molecule has 19 heavy (non-hydrogen) atoms. The Balaban J connectivity index is 2.08. The summed E-state index contributed by atoms with van der Waals surface area (Å²) in [7, 11) is 0. The van der Waals surface area contributed by atoms with E-state index < -0.39 is 0 Å². The van der Waals surface area contributed by atoms with Crippen LogP contribution in [0.1, 0.15) is 34.5 Å². The van der Waals surface area contributed by atoms with Gasteiger partial charge >= 0.3 is 0 Å². The summed E-state index contributed by atoms with van der Waals surface area (Å²) in [5, 5.41) is 3.00. The van der Waals surface area contributed by atoms with E-state index in [2.05, 4.69) is 21.2 Å². The molecule has 1 atom stereocenters. The second kappa shape index (κ2) is 6.02. The van der Waals surface area contributed by atoms with E-state index in [0.29, 0.717) is 5.56 Å². The van der Waals surface area contributed by atoms with Crippen LogP contribution in [-0.2, 0) is 0 Å². The summed E-state index contributed by atoms with van der Waals surface area (Å²) >= 11 is 3.40. The Morgan fingerprint density at radius 1 is 1.16 bits per heavy atom. The van der Waals surface area contributed by atoms with Crippen LogP contribution in [0.25, 0.3) is 0 Å². The van der Waals surface area contributed by atoms with Gasteiger partial charge in [0, 0.05) is 10.0 Å². The zero-order valence-electron chi connectivity index (χ0n) is 11.0. The van der Waals surface area contributed by atoms with Crippen molar-refractivity contribution in [3.05, 3.63) is 69.7 Å². The Morgan fingerprint density at radius 2 is 1.84 bits per heavy atom. The highest BCUT2D eigenvalue weighted by molar-refractivity contribution is 9.10. The van der Waals surface area contributed by atoms with Gasteiger partial charge in [0.15, 0.2) is 0 Å². The van der Waals surface area contributed by atoms with Crippen LogP contribution in [-0.4, -0.2) is 5.91 Å². The normalized spacial score (nSPS) is 11.9. The molecule has 0 saturated carbocycles. The van der Waals surface area contributed by atoms with Gasteiger partial charge in [-0.05, 0) is 43.7 Å². The highest BCUT2D eigenvalue weighted by Gasteiger charge is 2.11. The predicted octanol–water partition coefficient (Wildman–Crippen LogP) is 4.25. The minimum absolute atomic E-state index is 0.0129. The molecule has 0 aliphatic carbocycles. The molecule has 1 amide bonds. The molecule has 0 aromatic heterocycles. The maximum absolute atomic E-state index is 12.1. The zero-order chi connectivity index (χ0) is 13.8. The van der Waals surface area contributed by atoms with Gasteiger partial charge in [0.2, 0.25) is 0 Å². The van der Waals surface area contributed by atoms with Crippen LogP contribution >= 0.6 is 15.9 Å². The number of rotatable bonds is 3. The molecule has 98 valence electrons. The van der Waals surface area contributed by atoms with Gasteiger partial charge in [-0.15, -0.1) is 0 Å². The standard InChI is InChI=1S/C16H16BrNO/c1-11-4-3-5-14(10-11)16(19)18-12(2)13-6-8-15(17)9-7-13/h3-10,12H,1-2H3,(H,18,19)/t12-/m1/s1. The van der Waals surface area contributed by atoms with E-state index in [4.69, 9.17) is 0 Å². The predicted molar refractivity (Wildman–Crippen MR) is 81.2 cm³/mol. The van der Waals surface area contributed by atoms with E-state index in [1.165, 1.54) is 0 Å². The minimum Gasteiger partial charge on any atom is -0.346 e. The smallest absolute Gasteiger partial charge is 0.251 e. The minimum atomic E-state index is -0.0425. The molecule has 0 saturated heterocycles. The molecule has 0 spiro atoms. The van der Waals surface area contributed by atoms with E-state index in [-0.39, 0.29) is 11.9 Å². The van der Waals surface area contributed by atoms with Gasteiger partial charge in [0.05, 0.1) is 6.04 Å². The Morgan fingerprint density at radius 3 is 2.47 bits per heavy atom. The summed E-state index contributed by atoms with van der Waals surface area (Å²) in [6, 6.07) is 15.6. The average molecular weight is 318 g/mol. The Labute approximate surface area is 122 Å². The van der Waals surface area contributed by atoms with E-state index in [9.17, 15) is 4.79 Å². The number of carbonyl (C=O) groups excluding carboxylic acids is 1. The fraction of sp³-hybridized carbons (Fsp3) is 0.188. The summed E-state index contributed by atoms with van der Waals surface area (Å²) in [4.78, 5) is 12.1. The van der Waals surface area contributed by atoms with Gasteiger partial charge < -0.3 is 5.32 Å². The van der Waals surface area contributed by atoms with E-state index in [0.717, 1.165) is 15.6 Å². The first-order valence-electron chi connectivity index (χ1n) is 6.19. The SMILES string of the molecule is Cc1cccc(C(=O)N[C@H](C)c2ccc(Br)cc2)c1. The zero-order valence-corrected chi connectivity index (χ0v) is 12.6. The maximum Gasteiger partial charge on any atom is 0.251 e. The second-order valence-electron chi connectivity index (χ2n) is 4.62. The van der Waals surface area contributed by atoms with Crippen molar-refractivity contribution in [2.45, 2.75) is 19.9 Å². The first-order valence-corrected chi connectivity index (χ1v) is 6.98. The molecule has 2 nitrogen and oxygen atoms in total. The van der Waals surface area contributed by atoms with Crippen LogP contribution < -0.4 is 5.32 Å². The monoisotopic (exact) mass is 317 g/mol. The molecule has 0 unspecified atom stereocenters. The molecule has 0 heterocycles. The van der Waals surface area contributed by atoms with Gasteiger partial charge in [0.25, 0.3) is 5.91 Å². The number of nitrogens with one attached hydrogen (secondary N) is 1. The van der Waals surface area contributed by atoms with Gasteiger partial charge in [-0.3, -0.25) is 4.79 Å². The number of halogens is 1. The Bertz CT molecular complexity index is 578. The van der Waals surface area contributed by atoms with Crippen LogP contribution in [0.15, 0.2) is 53.0 Å². The Hall–Kier alpha value is -1.61. The van der Waals surface area contributed by atoms with Crippen LogP contribution in [0.5, 0.6) is 0 Å². The maximum atomic E-state index is 12.1. The lowest BCUT2D eigenvalue weighted by Crippen LogP contribution is -2.26. The average Bonchev–Trinajstić information content (AvgIpc) is 2.39. The lowest BCUT2D eigenvalue weighted by Gasteiger charge is -2.14. The lowest BCUT2D eigenvalue weighted by molar-refractivity contribution is 0.0940. The van der Waals surface area contributed by atoms with Crippen LogP contribution in [0, 0.1) is 6.92 Å². The van der Waals surface area contributed by atoms with Crippen molar-refractivity contribution in [3.8, 4) is 0 Å². The molecule has 3 heteroatoms. The summed E-state index contributed by atoms with van der Waals surface area (Å²) < 4.78 is 1.04. The van der Waals surface area contributed by atoms with E-state index in [1.54, 1.807) is 0 Å². The van der Waals surface area contributed by atoms with Crippen molar-refractivity contribution >= 4 is 21.8 Å². The summed E-state index contributed by atoms with van der Waals surface area (Å²) in [6.07, 6.45) is 0. The number of carbonyl (C=O) groups is 1. The van der Waals surface area contributed by atoms with Crippen LogP contribution in [0.3, 0.4) is 0 Å². The molecule has 0 aliphatic rings.